The number of rotatable bonds is 6. The molecule has 3 rings (SSSR count). The number of benzene rings is 2. The van der Waals surface area contributed by atoms with Crippen LogP contribution in [0.3, 0.4) is 0 Å². The Labute approximate surface area is 188 Å². The van der Waals surface area contributed by atoms with Gasteiger partial charge >= 0.3 is 5.88 Å². The van der Waals surface area contributed by atoms with Crippen LogP contribution >= 0.6 is 0 Å². The molecule has 0 saturated carbocycles. The van der Waals surface area contributed by atoms with Crippen molar-refractivity contribution < 1.29 is 9.67 Å². The Kier molecular flexibility index (Phi) is 6.64. The molecule has 1 heterocycles. The van der Waals surface area contributed by atoms with Crippen molar-refractivity contribution in [3.05, 3.63) is 70.7 Å². The van der Waals surface area contributed by atoms with Crippen molar-refractivity contribution in [3.63, 3.8) is 0 Å². The summed E-state index contributed by atoms with van der Waals surface area (Å²) >= 11 is 0. The molecule has 1 aromatic heterocycles. The Morgan fingerprint density at radius 3 is 1.45 bits per heavy atom. The Hall–Kier alpha value is -2.55. The predicted molar refractivity (Wildman–Crippen MR) is 130 cm³/mol. The quantitative estimate of drug-likeness (QED) is 0.418. The van der Waals surface area contributed by atoms with Gasteiger partial charge in [-0.3, -0.25) is 0 Å². The van der Waals surface area contributed by atoms with E-state index in [0.29, 0.717) is 29.6 Å². The van der Waals surface area contributed by atoms with Crippen LogP contribution in [-0.2, 0) is 0 Å². The summed E-state index contributed by atoms with van der Waals surface area (Å²) in [5, 5.41) is 11.3. The number of hydrogen-bond donors (Lipinski definition) is 1. The lowest BCUT2D eigenvalue weighted by molar-refractivity contribution is -0.604. The maximum absolute atomic E-state index is 11.3. The highest BCUT2D eigenvalue weighted by Crippen LogP contribution is 2.35. The fraction of sp³-hybridized carbons (Fsp3) is 0.464. The van der Waals surface area contributed by atoms with Crippen molar-refractivity contribution in [2.75, 3.05) is 0 Å². The van der Waals surface area contributed by atoms with Crippen LogP contribution in [0.4, 0.5) is 0 Å². The van der Waals surface area contributed by atoms with Gasteiger partial charge in [0.2, 0.25) is 0 Å². The standard InChI is InChI=1S/C28H38N2O/c1-17(2)22-12-10-13-23(18(3)4)26(22)29-16-30(28(31)21(29)9)27-24(19(5)6)14-11-15-25(27)20(7)8/h10-20H,1-9H3/p+1. The van der Waals surface area contributed by atoms with Gasteiger partial charge in [0.25, 0.3) is 6.33 Å². The SMILES string of the molecule is Cc1c(O)[n+](-c2c(C(C)C)cccc2C(C)C)cn1-c1c(C(C)C)cccc1C(C)C. The van der Waals surface area contributed by atoms with Crippen molar-refractivity contribution in [1.82, 2.24) is 4.57 Å². The molecule has 0 aliphatic carbocycles. The van der Waals surface area contributed by atoms with Gasteiger partial charge in [0.1, 0.15) is 11.4 Å². The number of imidazole rings is 1. The molecular weight excluding hydrogens is 380 g/mol. The van der Waals surface area contributed by atoms with Crippen LogP contribution in [-0.4, -0.2) is 9.67 Å². The smallest absolute Gasteiger partial charge is 0.330 e. The van der Waals surface area contributed by atoms with E-state index in [1.807, 2.05) is 11.5 Å². The molecule has 0 aliphatic rings. The van der Waals surface area contributed by atoms with E-state index in [0.717, 1.165) is 11.4 Å². The summed E-state index contributed by atoms with van der Waals surface area (Å²) < 4.78 is 4.20. The third kappa shape index (κ3) is 4.15. The van der Waals surface area contributed by atoms with Crippen LogP contribution in [0.25, 0.3) is 11.4 Å². The molecule has 0 unspecified atom stereocenters. The average molecular weight is 420 g/mol. The fourth-order valence-corrected chi connectivity index (χ4v) is 4.51. The number of aromatic nitrogens is 2. The highest BCUT2D eigenvalue weighted by molar-refractivity contribution is 5.53. The maximum atomic E-state index is 11.3. The minimum atomic E-state index is 0.309. The highest BCUT2D eigenvalue weighted by Gasteiger charge is 2.30. The number of nitrogens with zero attached hydrogens (tertiary/aromatic N) is 2. The fourth-order valence-electron chi connectivity index (χ4n) is 4.51. The van der Waals surface area contributed by atoms with Crippen molar-refractivity contribution in [2.45, 2.75) is 86.0 Å². The molecule has 3 aromatic rings. The van der Waals surface area contributed by atoms with Crippen molar-refractivity contribution in [3.8, 4) is 17.3 Å². The molecular formula is C28H39N2O+. The second-order valence-corrected chi connectivity index (χ2v) is 9.95. The Balaban J connectivity index is 2.38. The van der Waals surface area contributed by atoms with E-state index in [9.17, 15) is 5.11 Å². The second-order valence-electron chi connectivity index (χ2n) is 9.95. The molecule has 0 bridgehead atoms. The van der Waals surface area contributed by atoms with E-state index < -0.39 is 0 Å². The average Bonchev–Trinajstić information content (AvgIpc) is 3.00. The lowest BCUT2D eigenvalue weighted by Gasteiger charge is -2.17. The third-order valence-corrected chi connectivity index (χ3v) is 6.31. The van der Waals surface area contributed by atoms with Crippen LogP contribution in [0, 0.1) is 6.92 Å². The van der Waals surface area contributed by atoms with Crippen LogP contribution in [0.15, 0.2) is 42.7 Å². The second kappa shape index (κ2) is 8.90. The Morgan fingerprint density at radius 2 is 1.06 bits per heavy atom. The van der Waals surface area contributed by atoms with E-state index in [-0.39, 0.29) is 0 Å². The molecule has 1 N–H and O–H groups in total. The molecule has 0 fully saturated rings. The third-order valence-electron chi connectivity index (χ3n) is 6.31. The summed E-state index contributed by atoms with van der Waals surface area (Å²) in [5.41, 5.74) is 8.29. The molecule has 0 aliphatic heterocycles. The van der Waals surface area contributed by atoms with E-state index in [4.69, 9.17) is 0 Å². The number of para-hydroxylation sites is 2. The largest absolute Gasteiger partial charge is 0.475 e. The molecule has 0 saturated heterocycles. The lowest BCUT2D eigenvalue weighted by Crippen LogP contribution is -2.32. The van der Waals surface area contributed by atoms with Crippen molar-refractivity contribution >= 4 is 0 Å². The van der Waals surface area contributed by atoms with Crippen LogP contribution in [0.2, 0.25) is 0 Å². The van der Waals surface area contributed by atoms with Gasteiger partial charge in [0, 0.05) is 29.2 Å². The van der Waals surface area contributed by atoms with Crippen LogP contribution in [0.5, 0.6) is 5.88 Å². The van der Waals surface area contributed by atoms with Gasteiger partial charge in [-0.25, -0.2) is 0 Å². The van der Waals surface area contributed by atoms with Crippen LogP contribution < -0.4 is 4.57 Å². The molecule has 0 amide bonds. The van der Waals surface area contributed by atoms with E-state index in [1.165, 1.54) is 27.9 Å². The summed E-state index contributed by atoms with van der Waals surface area (Å²) in [6, 6.07) is 13.1. The molecule has 0 atom stereocenters. The van der Waals surface area contributed by atoms with E-state index in [1.54, 1.807) is 0 Å². The maximum Gasteiger partial charge on any atom is 0.330 e. The zero-order chi connectivity index (χ0) is 23.0. The predicted octanol–water partition coefficient (Wildman–Crippen LogP) is 7.26. The molecule has 166 valence electrons. The Bertz CT molecular complexity index is 934. The van der Waals surface area contributed by atoms with Gasteiger partial charge in [-0.2, -0.15) is 9.13 Å². The molecule has 3 heteroatoms. The summed E-state index contributed by atoms with van der Waals surface area (Å²) in [6.45, 7) is 19.8. The van der Waals surface area contributed by atoms with Gasteiger partial charge in [-0.1, -0.05) is 91.8 Å². The lowest BCUT2D eigenvalue weighted by atomic mass is 9.92. The highest BCUT2D eigenvalue weighted by atomic mass is 16.3. The normalized spacial score (nSPS) is 12.0. The molecule has 0 radical (unpaired) electrons. The zero-order valence-electron chi connectivity index (χ0n) is 20.7. The number of aromatic hydroxyl groups is 1. The van der Waals surface area contributed by atoms with Gasteiger partial charge in [0.05, 0.1) is 0 Å². The van der Waals surface area contributed by atoms with Crippen molar-refractivity contribution in [2.24, 2.45) is 0 Å². The number of hydrogen-bond acceptors (Lipinski definition) is 1. The molecule has 0 spiro atoms. The van der Waals surface area contributed by atoms with Gasteiger partial charge < -0.3 is 5.11 Å². The summed E-state index contributed by atoms with van der Waals surface area (Å²) in [7, 11) is 0. The minimum Gasteiger partial charge on any atom is -0.475 e. The summed E-state index contributed by atoms with van der Waals surface area (Å²) in [6.07, 6.45) is 2.09. The first-order chi connectivity index (χ1) is 14.6. The topological polar surface area (TPSA) is 29.0 Å². The zero-order valence-corrected chi connectivity index (χ0v) is 20.7. The first-order valence-electron chi connectivity index (χ1n) is 11.6. The molecule has 2 aromatic carbocycles. The van der Waals surface area contributed by atoms with Crippen LogP contribution in [0.1, 0.15) is 107 Å². The van der Waals surface area contributed by atoms with Crippen molar-refractivity contribution in [1.29, 1.82) is 0 Å². The van der Waals surface area contributed by atoms with Gasteiger partial charge in [-0.05, 0) is 23.7 Å². The Morgan fingerprint density at radius 1 is 0.677 bits per heavy atom. The summed E-state index contributed by atoms with van der Waals surface area (Å²) in [5.74, 6) is 1.81. The first kappa shape index (κ1) is 23.1. The molecule has 3 nitrogen and oxygen atoms in total. The first-order valence-corrected chi connectivity index (χ1v) is 11.6. The van der Waals surface area contributed by atoms with E-state index in [2.05, 4.69) is 103 Å². The molecule has 31 heavy (non-hydrogen) atoms. The van der Waals surface area contributed by atoms with E-state index >= 15 is 0 Å². The monoisotopic (exact) mass is 419 g/mol. The minimum absolute atomic E-state index is 0.309. The van der Waals surface area contributed by atoms with Gasteiger partial charge in [0.15, 0.2) is 5.69 Å². The van der Waals surface area contributed by atoms with Gasteiger partial charge in [-0.15, -0.1) is 0 Å². The summed E-state index contributed by atoms with van der Waals surface area (Å²) in [4.78, 5) is 0.